The molecule has 1 amide bonds. The Morgan fingerprint density at radius 1 is 0.750 bits per heavy atom. The first-order chi connectivity index (χ1) is 13.7. The third-order valence-electron chi connectivity index (χ3n) is 4.24. The number of para-hydroxylation sites is 1. The number of hydrogen-bond acceptors (Lipinski definition) is 4. The summed E-state index contributed by atoms with van der Waals surface area (Å²) in [6.45, 7) is 0. The first kappa shape index (κ1) is 17.4. The molecule has 2 heterocycles. The number of hydrogen-bond donors (Lipinski definition) is 1. The van der Waals surface area contributed by atoms with Crippen LogP contribution >= 0.6 is 0 Å². The van der Waals surface area contributed by atoms with Crippen LogP contribution in [-0.2, 0) is 0 Å². The zero-order valence-corrected chi connectivity index (χ0v) is 14.9. The highest BCUT2D eigenvalue weighted by atomic mass is 16.5. The second kappa shape index (κ2) is 7.72. The van der Waals surface area contributed by atoms with Gasteiger partial charge in [0.1, 0.15) is 11.5 Å². The third kappa shape index (κ3) is 3.73. The van der Waals surface area contributed by atoms with Gasteiger partial charge in [0, 0.05) is 23.5 Å². The number of pyridine rings is 2. The molecule has 2 N–H and O–H groups in total. The van der Waals surface area contributed by atoms with Crippen LogP contribution in [0.3, 0.4) is 0 Å². The quantitative estimate of drug-likeness (QED) is 0.554. The molecule has 0 saturated carbocycles. The molecule has 2 aromatic carbocycles. The fourth-order valence-electron chi connectivity index (χ4n) is 2.87. The van der Waals surface area contributed by atoms with Gasteiger partial charge in [0.05, 0.1) is 17.0 Å². The lowest BCUT2D eigenvalue weighted by atomic mass is 10.0. The maximum atomic E-state index is 11.9. The van der Waals surface area contributed by atoms with E-state index in [-0.39, 0.29) is 0 Å². The van der Waals surface area contributed by atoms with Crippen LogP contribution in [0.2, 0.25) is 0 Å². The Bertz CT molecular complexity index is 1100. The minimum Gasteiger partial charge on any atom is -0.457 e. The van der Waals surface area contributed by atoms with E-state index in [1.165, 1.54) is 0 Å². The molecular weight excluding hydrogens is 350 g/mol. The molecule has 4 rings (SSSR count). The Balaban J connectivity index is 1.70. The summed E-state index contributed by atoms with van der Waals surface area (Å²) in [7, 11) is 0. The van der Waals surface area contributed by atoms with Crippen molar-refractivity contribution in [2.45, 2.75) is 0 Å². The van der Waals surface area contributed by atoms with Gasteiger partial charge < -0.3 is 10.5 Å². The Morgan fingerprint density at radius 2 is 1.43 bits per heavy atom. The molecule has 0 radical (unpaired) electrons. The van der Waals surface area contributed by atoms with Crippen LogP contribution in [-0.4, -0.2) is 15.9 Å². The zero-order valence-electron chi connectivity index (χ0n) is 14.9. The monoisotopic (exact) mass is 367 g/mol. The van der Waals surface area contributed by atoms with Gasteiger partial charge in [-0.25, -0.2) is 4.98 Å². The molecule has 0 atom stereocenters. The van der Waals surface area contributed by atoms with E-state index >= 15 is 0 Å². The first-order valence-corrected chi connectivity index (χ1v) is 8.75. The number of nitrogens with zero attached hydrogens (tertiary/aromatic N) is 2. The van der Waals surface area contributed by atoms with Crippen molar-refractivity contribution in [3.63, 3.8) is 0 Å². The lowest BCUT2D eigenvalue weighted by Gasteiger charge is -2.10. The van der Waals surface area contributed by atoms with Gasteiger partial charge in [-0.15, -0.1) is 0 Å². The molecule has 0 saturated heterocycles. The number of carbonyl (C=O) groups is 1. The molecule has 4 aromatic rings. The molecule has 0 unspecified atom stereocenters. The van der Waals surface area contributed by atoms with E-state index < -0.39 is 5.91 Å². The third-order valence-corrected chi connectivity index (χ3v) is 4.24. The smallest absolute Gasteiger partial charge is 0.250 e. The van der Waals surface area contributed by atoms with Crippen molar-refractivity contribution in [2.75, 3.05) is 0 Å². The minimum absolute atomic E-state index is 0.370. The summed E-state index contributed by atoms with van der Waals surface area (Å²) in [5.74, 6) is 0.931. The van der Waals surface area contributed by atoms with Gasteiger partial charge in [-0.05, 0) is 60.7 Å². The number of primary amides is 1. The van der Waals surface area contributed by atoms with Gasteiger partial charge in [0.25, 0.3) is 5.91 Å². The predicted octanol–water partition coefficient (Wildman–Crippen LogP) is 4.70. The molecule has 5 heteroatoms. The van der Waals surface area contributed by atoms with E-state index in [4.69, 9.17) is 10.5 Å². The lowest BCUT2D eigenvalue weighted by Crippen LogP contribution is -2.13. The van der Waals surface area contributed by atoms with Crippen LogP contribution in [0, 0.1) is 0 Å². The maximum Gasteiger partial charge on any atom is 0.250 e. The van der Waals surface area contributed by atoms with Gasteiger partial charge >= 0.3 is 0 Å². The lowest BCUT2D eigenvalue weighted by molar-refractivity contribution is 0.100. The summed E-state index contributed by atoms with van der Waals surface area (Å²) < 4.78 is 5.82. The largest absolute Gasteiger partial charge is 0.457 e. The number of amides is 1. The Hall–Kier alpha value is -3.99. The summed E-state index contributed by atoms with van der Waals surface area (Å²) in [4.78, 5) is 20.6. The average molecular weight is 367 g/mol. The van der Waals surface area contributed by atoms with Crippen molar-refractivity contribution in [3.8, 4) is 34.0 Å². The molecule has 0 spiro atoms. The average Bonchev–Trinajstić information content (AvgIpc) is 2.75. The van der Waals surface area contributed by atoms with E-state index in [0.29, 0.717) is 17.0 Å². The van der Waals surface area contributed by atoms with Crippen molar-refractivity contribution in [2.24, 2.45) is 5.73 Å². The summed E-state index contributed by atoms with van der Waals surface area (Å²) in [5, 5.41) is 0. The van der Waals surface area contributed by atoms with Crippen LogP contribution in [0.4, 0.5) is 0 Å². The second-order valence-electron chi connectivity index (χ2n) is 6.13. The molecule has 0 aliphatic carbocycles. The van der Waals surface area contributed by atoms with Crippen molar-refractivity contribution < 1.29 is 9.53 Å². The fourth-order valence-corrected chi connectivity index (χ4v) is 2.87. The normalized spacial score (nSPS) is 10.4. The predicted molar refractivity (Wildman–Crippen MR) is 108 cm³/mol. The van der Waals surface area contributed by atoms with Crippen LogP contribution in [0.5, 0.6) is 11.5 Å². The van der Waals surface area contributed by atoms with Gasteiger partial charge in [0.15, 0.2) is 0 Å². The van der Waals surface area contributed by atoms with E-state index in [1.807, 2.05) is 66.7 Å². The van der Waals surface area contributed by atoms with Gasteiger partial charge in [-0.2, -0.15) is 0 Å². The highest BCUT2D eigenvalue weighted by Crippen LogP contribution is 2.29. The van der Waals surface area contributed by atoms with Crippen molar-refractivity contribution in [1.82, 2.24) is 9.97 Å². The number of carbonyl (C=O) groups excluding carboxylic acids is 1. The number of benzene rings is 2. The zero-order chi connectivity index (χ0) is 19.3. The molecule has 0 aliphatic heterocycles. The first-order valence-electron chi connectivity index (χ1n) is 8.75. The fraction of sp³-hybridized carbons (Fsp3) is 0. The molecular formula is C23H17N3O2. The van der Waals surface area contributed by atoms with E-state index in [2.05, 4.69) is 9.97 Å². The van der Waals surface area contributed by atoms with E-state index in [0.717, 1.165) is 22.6 Å². The Kier molecular flexibility index (Phi) is 4.80. The summed E-state index contributed by atoms with van der Waals surface area (Å²) in [6.07, 6.45) is 3.41. The molecule has 28 heavy (non-hydrogen) atoms. The van der Waals surface area contributed by atoms with Crippen LogP contribution < -0.4 is 10.5 Å². The van der Waals surface area contributed by atoms with Gasteiger partial charge in [-0.1, -0.05) is 18.2 Å². The topological polar surface area (TPSA) is 78.1 Å². The van der Waals surface area contributed by atoms with Crippen LogP contribution in [0.1, 0.15) is 10.4 Å². The van der Waals surface area contributed by atoms with E-state index in [1.54, 1.807) is 24.5 Å². The molecule has 2 aromatic heterocycles. The number of ether oxygens (including phenoxy) is 1. The summed E-state index contributed by atoms with van der Waals surface area (Å²) >= 11 is 0. The molecule has 136 valence electrons. The number of nitrogens with two attached hydrogens (primary N) is 1. The van der Waals surface area contributed by atoms with Crippen molar-refractivity contribution in [3.05, 3.63) is 96.8 Å². The highest BCUT2D eigenvalue weighted by Gasteiger charge is 2.14. The highest BCUT2D eigenvalue weighted by molar-refractivity contribution is 5.99. The van der Waals surface area contributed by atoms with Gasteiger partial charge in [0.2, 0.25) is 0 Å². The molecule has 0 bridgehead atoms. The standard InChI is InChI=1S/C23H17N3O2/c24-23(27)20-10-11-21(16-12-14-25-15-13-16)26-22(20)17-6-8-19(9-7-17)28-18-4-2-1-3-5-18/h1-15H,(H2,24,27). The Labute approximate surface area is 162 Å². The summed E-state index contributed by atoms with van der Waals surface area (Å²) in [5.41, 5.74) is 8.90. The number of rotatable bonds is 5. The van der Waals surface area contributed by atoms with Crippen molar-refractivity contribution in [1.29, 1.82) is 0 Å². The van der Waals surface area contributed by atoms with E-state index in [9.17, 15) is 4.79 Å². The summed E-state index contributed by atoms with van der Waals surface area (Å²) in [6, 6.07) is 24.2. The maximum absolute atomic E-state index is 11.9. The Morgan fingerprint density at radius 3 is 2.11 bits per heavy atom. The van der Waals surface area contributed by atoms with Crippen LogP contribution in [0.25, 0.3) is 22.5 Å². The van der Waals surface area contributed by atoms with Crippen LogP contribution in [0.15, 0.2) is 91.3 Å². The molecule has 0 fully saturated rings. The van der Waals surface area contributed by atoms with Gasteiger partial charge in [-0.3, -0.25) is 9.78 Å². The minimum atomic E-state index is -0.520. The second-order valence-corrected chi connectivity index (χ2v) is 6.13. The molecule has 5 nitrogen and oxygen atoms in total. The number of aromatic nitrogens is 2. The SMILES string of the molecule is NC(=O)c1ccc(-c2ccncc2)nc1-c1ccc(Oc2ccccc2)cc1. The van der Waals surface area contributed by atoms with Crippen molar-refractivity contribution >= 4 is 5.91 Å². The molecule has 0 aliphatic rings.